The predicted octanol–water partition coefficient (Wildman–Crippen LogP) is 2.39. The molecule has 11 nitrogen and oxygen atoms in total. The lowest BCUT2D eigenvalue weighted by Crippen LogP contribution is -2.44. The molecule has 0 saturated carbocycles. The number of anilines is 4. The summed E-state index contributed by atoms with van der Waals surface area (Å²) in [5, 5.41) is 12.8. The molecule has 0 aromatic carbocycles. The van der Waals surface area contributed by atoms with E-state index in [0.717, 1.165) is 13.1 Å². The van der Waals surface area contributed by atoms with E-state index in [1.54, 1.807) is 54.8 Å². The lowest BCUT2D eigenvalue weighted by molar-refractivity contribution is -0.120. The minimum Gasteiger partial charge on any atom is -0.379 e. The van der Waals surface area contributed by atoms with E-state index in [9.17, 15) is 14.4 Å². The van der Waals surface area contributed by atoms with Crippen LogP contribution in [0.15, 0.2) is 42.9 Å². The summed E-state index contributed by atoms with van der Waals surface area (Å²) in [5.74, 6) is 1.33. The molecule has 0 aliphatic carbocycles. The van der Waals surface area contributed by atoms with E-state index in [1.165, 1.54) is 4.90 Å². The molecule has 0 bridgehead atoms. The van der Waals surface area contributed by atoms with Crippen molar-refractivity contribution in [3.8, 4) is 17.3 Å². The minimum atomic E-state index is -0.905. The fourth-order valence-electron chi connectivity index (χ4n) is 4.39. The first-order valence-corrected chi connectivity index (χ1v) is 12.4. The van der Waals surface area contributed by atoms with Gasteiger partial charge in [-0.25, -0.2) is 24.3 Å². The maximum absolute atomic E-state index is 13.6. The molecule has 2 fully saturated rings. The molecule has 2 aliphatic rings. The molecule has 5 rings (SSSR count). The van der Waals surface area contributed by atoms with Gasteiger partial charge in [0.15, 0.2) is 0 Å². The van der Waals surface area contributed by atoms with Crippen LogP contribution in [0.5, 0.6) is 0 Å². The van der Waals surface area contributed by atoms with Gasteiger partial charge >= 0.3 is 0 Å². The molecule has 3 aromatic rings. The third-order valence-electron chi connectivity index (χ3n) is 6.55. The number of pyridine rings is 2. The van der Waals surface area contributed by atoms with Crippen molar-refractivity contribution in [2.75, 3.05) is 68.1 Å². The molecule has 196 valence electrons. The highest BCUT2D eigenvalue weighted by Crippen LogP contribution is 2.27. The van der Waals surface area contributed by atoms with Gasteiger partial charge in [-0.05, 0) is 30.7 Å². The Morgan fingerprint density at radius 1 is 1.21 bits per heavy atom. The number of rotatable bonds is 7. The van der Waals surface area contributed by atoms with Crippen molar-refractivity contribution in [2.24, 2.45) is 0 Å². The Kier molecular flexibility index (Phi) is 7.67. The van der Waals surface area contributed by atoms with Crippen molar-refractivity contribution in [1.29, 1.82) is 5.26 Å². The largest absolute Gasteiger partial charge is 0.379 e. The highest BCUT2D eigenvalue weighted by molar-refractivity contribution is 5.93. The molecule has 1 N–H and O–H groups in total. The summed E-state index contributed by atoms with van der Waals surface area (Å²) in [6.45, 7) is 3.86. The van der Waals surface area contributed by atoms with Gasteiger partial charge in [0.05, 0.1) is 49.4 Å². The van der Waals surface area contributed by atoms with Crippen molar-refractivity contribution >= 4 is 29.2 Å². The smallest absolute Gasteiger partial charge is 0.242 e. The molecule has 1 amide bonds. The van der Waals surface area contributed by atoms with Gasteiger partial charge in [0.2, 0.25) is 11.9 Å². The number of nitrogens with one attached hydrogen (secondary N) is 1. The van der Waals surface area contributed by atoms with Crippen LogP contribution in [0.1, 0.15) is 12.0 Å². The fourth-order valence-corrected chi connectivity index (χ4v) is 4.39. The molecule has 3 aromatic heterocycles. The van der Waals surface area contributed by atoms with Crippen LogP contribution in [0.3, 0.4) is 0 Å². The summed E-state index contributed by atoms with van der Waals surface area (Å²) >= 11 is 0. The molecule has 5 heterocycles. The number of alkyl halides is 1. The van der Waals surface area contributed by atoms with Crippen molar-refractivity contribution < 1.29 is 13.9 Å². The number of morpholine rings is 1. The standard InChI is InChI=1S/C26H28FN9O2/c1-34(24(37)17-35-8-10-38-11-9-35)23-3-2-21(15-30-23)32-26-29-6-4-22(33-26)19-12-18(13-28)25(31-14-19)36-7-5-20(27)16-36/h2-4,6,12,14-15,20H,5,7-11,16-17H2,1H3,(H,29,32,33). The van der Waals surface area contributed by atoms with Gasteiger partial charge in [-0.15, -0.1) is 0 Å². The van der Waals surface area contributed by atoms with E-state index in [1.807, 2.05) is 0 Å². The van der Waals surface area contributed by atoms with Gasteiger partial charge in [-0.1, -0.05) is 0 Å². The van der Waals surface area contributed by atoms with Gasteiger partial charge in [0.25, 0.3) is 0 Å². The van der Waals surface area contributed by atoms with Crippen LogP contribution in [0, 0.1) is 11.3 Å². The number of hydrogen-bond acceptors (Lipinski definition) is 10. The first-order valence-electron chi connectivity index (χ1n) is 12.4. The number of nitrogens with zero attached hydrogens (tertiary/aromatic N) is 8. The molecular formula is C26H28FN9O2. The number of carbonyl (C=O) groups excluding carboxylic acids is 1. The maximum Gasteiger partial charge on any atom is 0.242 e. The Bertz CT molecular complexity index is 1330. The Labute approximate surface area is 219 Å². The molecule has 38 heavy (non-hydrogen) atoms. The minimum absolute atomic E-state index is 0.0400. The number of aromatic nitrogens is 4. The molecule has 2 aliphatic heterocycles. The Balaban J connectivity index is 1.25. The average Bonchev–Trinajstić information content (AvgIpc) is 3.39. The third kappa shape index (κ3) is 5.85. The van der Waals surface area contributed by atoms with Crippen molar-refractivity contribution in [3.63, 3.8) is 0 Å². The van der Waals surface area contributed by atoms with Gasteiger partial charge < -0.3 is 15.0 Å². The summed E-state index contributed by atoms with van der Waals surface area (Å²) in [5.41, 5.74) is 2.26. The van der Waals surface area contributed by atoms with Gasteiger partial charge in [0.1, 0.15) is 23.9 Å². The van der Waals surface area contributed by atoms with Gasteiger partial charge in [-0.3, -0.25) is 14.6 Å². The van der Waals surface area contributed by atoms with Crippen LogP contribution in [-0.4, -0.2) is 89.9 Å². The van der Waals surface area contributed by atoms with Crippen LogP contribution in [0.25, 0.3) is 11.3 Å². The molecular weight excluding hydrogens is 489 g/mol. The number of amides is 1. The van der Waals surface area contributed by atoms with Crippen LogP contribution in [-0.2, 0) is 9.53 Å². The molecule has 0 radical (unpaired) electrons. The molecule has 12 heteroatoms. The summed E-state index contributed by atoms with van der Waals surface area (Å²) in [6, 6.07) is 9.16. The van der Waals surface area contributed by atoms with Crippen LogP contribution in [0.2, 0.25) is 0 Å². The second-order valence-electron chi connectivity index (χ2n) is 9.18. The molecule has 0 spiro atoms. The third-order valence-corrected chi connectivity index (χ3v) is 6.55. The van der Waals surface area contributed by atoms with E-state index in [0.29, 0.717) is 72.8 Å². The number of carbonyl (C=O) groups is 1. The van der Waals surface area contributed by atoms with E-state index in [4.69, 9.17) is 4.74 Å². The number of nitriles is 1. The lowest BCUT2D eigenvalue weighted by Gasteiger charge is -2.27. The van der Waals surface area contributed by atoms with E-state index < -0.39 is 6.17 Å². The Hall–Kier alpha value is -4.21. The fraction of sp³-hybridized carbons (Fsp3) is 0.385. The highest BCUT2D eigenvalue weighted by Gasteiger charge is 2.25. The molecule has 1 atom stereocenters. The van der Waals surface area contributed by atoms with Crippen LogP contribution in [0.4, 0.5) is 27.7 Å². The van der Waals surface area contributed by atoms with Gasteiger partial charge in [-0.2, -0.15) is 5.26 Å². The zero-order chi connectivity index (χ0) is 26.5. The number of hydrogen-bond donors (Lipinski definition) is 1. The van der Waals surface area contributed by atoms with E-state index >= 15 is 0 Å². The van der Waals surface area contributed by atoms with E-state index in [-0.39, 0.29) is 12.5 Å². The maximum atomic E-state index is 13.6. The quantitative estimate of drug-likeness (QED) is 0.500. The summed E-state index contributed by atoms with van der Waals surface area (Å²) in [6.07, 6.45) is 4.39. The van der Waals surface area contributed by atoms with E-state index in [2.05, 4.69) is 36.2 Å². The molecule has 2 saturated heterocycles. The van der Waals surface area contributed by atoms with Crippen molar-refractivity contribution in [2.45, 2.75) is 12.6 Å². The monoisotopic (exact) mass is 517 g/mol. The zero-order valence-corrected chi connectivity index (χ0v) is 21.0. The average molecular weight is 518 g/mol. The van der Waals surface area contributed by atoms with Gasteiger partial charge in [0, 0.05) is 44.6 Å². The summed E-state index contributed by atoms with van der Waals surface area (Å²) in [7, 11) is 1.71. The van der Waals surface area contributed by atoms with Crippen molar-refractivity contribution in [3.05, 3.63) is 48.4 Å². The SMILES string of the molecule is CN(C(=O)CN1CCOCC1)c1ccc(Nc2nccc(-c3cnc(N4CCC(F)C4)c(C#N)c3)n2)cn1. The first-order chi connectivity index (χ1) is 18.5. The zero-order valence-electron chi connectivity index (χ0n) is 21.0. The normalized spacial score (nSPS) is 17.7. The lowest BCUT2D eigenvalue weighted by atomic mass is 10.1. The molecule has 1 unspecified atom stereocenters. The summed E-state index contributed by atoms with van der Waals surface area (Å²) in [4.78, 5) is 35.7. The summed E-state index contributed by atoms with van der Waals surface area (Å²) < 4.78 is 19.0. The second-order valence-corrected chi connectivity index (χ2v) is 9.18. The number of ether oxygens (including phenoxy) is 1. The van der Waals surface area contributed by atoms with Crippen LogP contribution < -0.4 is 15.1 Å². The second kappa shape index (κ2) is 11.5. The first kappa shape index (κ1) is 25.4. The predicted molar refractivity (Wildman–Crippen MR) is 140 cm³/mol. The topological polar surface area (TPSA) is 123 Å². The highest BCUT2D eigenvalue weighted by atomic mass is 19.1. The van der Waals surface area contributed by atoms with Crippen LogP contribution >= 0.6 is 0 Å². The van der Waals surface area contributed by atoms with Crippen molar-refractivity contribution in [1.82, 2.24) is 24.8 Å². The number of halogens is 1. The Morgan fingerprint density at radius 3 is 2.76 bits per heavy atom. The number of likely N-dealkylation sites (N-methyl/N-ethyl adjacent to an activating group) is 1. The Morgan fingerprint density at radius 2 is 2.05 bits per heavy atom.